The molecule has 0 aromatic carbocycles. The first kappa shape index (κ1) is 20.0. The summed E-state index contributed by atoms with van der Waals surface area (Å²) in [5.41, 5.74) is 0.627. The van der Waals surface area contributed by atoms with Crippen molar-refractivity contribution in [1.82, 2.24) is 15.1 Å². The fraction of sp³-hybridized carbons (Fsp3) is 0.600. The number of thioether (sulfide) groups is 1. The Morgan fingerprint density at radius 3 is 2.72 bits per heavy atom. The Balaban J connectivity index is 1.73. The summed E-state index contributed by atoms with van der Waals surface area (Å²) in [4.78, 5) is 7.54. The standard InChI is InChI=1S/C15H23N3O5S2/c1-11-9-13(22-18-11)12(23-25(19,20)21)7-5-3-4-6-8-14-16-10-15(17-14)24-2/h9-10,12H,3-8H2,1-2H3,(H,16,17)(H,19,20,21). The molecule has 0 aliphatic heterocycles. The van der Waals surface area contributed by atoms with Crippen molar-refractivity contribution in [2.24, 2.45) is 0 Å². The summed E-state index contributed by atoms with van der Waals surface area (Å²) >= 11 is 1.63. The SMILES string of the molecule is CSc1cnc(CCCCCCC(OS(=O)(=O)O)c2cc(C)no2)[nH]1. The van der Waals surface area contributed by atoms with Gasteiger partial charge in [0.15, 0.2) is 5.76 Å². The highest BCUT2D eigenvalue weighted by Gasteiger charge is 2.22. The highest BCUT2D eigenvalue weighted by atomic mass is 32.3. The molecule has 0 radical (unpaired) electrons. The molecule has 10 heteroatoms. The monoisotopic (exact) mass is 389 g/mol. The third-order valence-corrected chi connectivity index (χ3v) is 4.78. The number of H-pyrrole nitrogens is 1. The predicted molar refractivity (Wildman–Crippen MR) is 93.8 cm³/mol. The number of hydrogen-bond donors (Lipinski definition) is 2. The Labute approximate surface area is 151 Å². The van der Waals surface area contributed by atoms with Crippen LogP contribution in [0.2, 0.25) is 0 Å². The van der Waals surface area contributed by atoms with Gasteiger partial charge >= 0.3 is 10.4 Å². The van der Waals surface area contributed by atoms with E-state index in [1.807, 2.05) is 12.5 Å². The summed E-state index contributed by atoms with van der Waals surface area (Å²) in [6, 6.07) is 1.61. The van der Waals surface area contributed by atoms with Gasteiger partial charge in [-0.15, -0.1) is 11.8 Å². The second kappa shape index (κ2) is 9.37. The Morgan fingerprint density at radius 1 is 1.36 bits per heavy atom. The topological polar surface area (TPSA) is 118 Å². The summed E-state index contributed by atoms with van der Waals surface area (Å²) in [6.45, 7) is 1.73. The third kappa shape index (κ3) is 7.18. The van der Waals surface area contributed by atoms with E-state index < -0.39 is 16.5 Å². The van der Waals surface area contributed by atoms with Crippen molar-refractivity contribution in [3.8, 4) is 0 Å². The van der Waals surface area contributed by atoms with E-state index in [1.165, 1.54) is 0 Å². The fourth-order valence-corrected chi connectivity index (χ4v) is 3.33. The van der Waals surface area contributed by atoms with Crippen LogP contribution in [-0.4, -0.2) is 34.4 Å². The van der Waals surface area contributed by atoms with Crippen LogP contribution in [0.5, 0.6) is 0 Å². The molecule has 0 saturated heterocycles. The molecule has 0 saturated carbocycles. The Kier molecular flexibility index (Phi) is 7.48. The summed E-state index contributed by atoms with van der Waals surface area (Å²) in [6.07, 6.45) is 7.91. The number of rotatable bonds is 11. The van der Waals surface area contributed by atoms with Crippen LogP contribution in [0, 0.1) is 6.92 Å². The van der Waals surface area contributed by atoms with Gasteiger partial charge in [-0.2, -0.15) is 8.42 Å². The molecule has 2 aromatic rings. The molecular weight excluding hydrogens is 366 g/mol. The minimum Gasteiger partial charge on any atom is -0.358 e. The van der Waals surface area contributed by atoms with Gasteiger partial charge in [-0.05, 0) is 26.0 Å². The van der Waals surface area contributed by atoms with Gasteiger partial charge in [0.25, 0.3) is 0 Å². The lowest BCUT2D eigenvalue weighted by molar-refractivity contribution is 0.139. The minimum absolute atomic E-state index is 0.301. The average Bonchev–Trinajstić information content (AvgIpc) is 3.17. The molecule has 2 heterocycles. The van der Waals surface area contributed by atoms with Crippen LogP contribution in [0.15, 0.2) is 21.8 Å². The predicted octanol–water partition coefficient (Wildman–Crippen LogP) is 3.48. The van der Waals surface area contributed by atoms with Crippen molar-refractivity contribution in [3.63, 3.8) is 0 Å². The maximum atomic E-state index is 11.0. The van der Waals surface area contributed by atoms with Crippen LogP contribution in [-0.2, 0) is 21.0 Å². The van der Waals surface area contributed by atoms with Crippen LogP contribution in [0.3, 0.4) is 0 Å². The number of nitrogens with one attached hydrogen (secondary N) is 1. The van der Waals surface area contributed by atoms with E-state index in [4.69, 9.17) is 13.3 Å². The quantitative estimate of drug-likeness (QED) is 0.341. The van der Waals surface area contributed by atoms with Crippen molar-refractivity contribution in [2.75, 3.05) is 6.26 Å². The van der Waals surface area contributed by atoms with E-state index in [2.05, 4.69) is 15.1 Å². The third-order valence-electron chi connectivity index (χ3n) is 3.66. The molecule has 0 spiro atoms. The van der Waals surface area contributed by atoms with Gasteiger partial charge in [0, 0.05) is 12.5 Å². The van der Waals surface area contributed by atoms with Crippen molar-refractivity contribution < 1.29 is 21.7 Å². The highest BCUT2D eigenvalue weighted by Crippen LogP contribution is 2.26. The zero-order valence-electron chi connectivity index (χ0n) is 14.3. The van der Waals surface area contributed by atoms with Crippen molar-refractivity contribution >= 4 is 22.2 Å². The van der Waals surface area contributed by atoms with Gasteiger partial charge in [-0.25, -0.2) is 9.17 Å². The molecule has 0 fully saturated rings. The molecule has 0 aliphatic carbocycles. The van der Waals surface area contributed by atoms with E-state index in [1.54, 1.807) is 24.8 Å². The maximum absolute atomic E-state index is 11.0. The number of aromatic nitrogens is 3. The molecular formula is C15H23N3O5S2. The van der Waals surface area contributed by atoms with E-state index in [0.717, 1.165) is 43.0 Å². The molecule has 0 amide bonds. The van der Waals surface area contributed by atoms with Gasteiger partial charge in [0.2, 0.25) is 0 Å². The van der Waals surface area contributed by atoms with Crippen LogP contribution in [0.4, 0.5) is 0 Å². The number of aromatic amines is 1. The lowest BCUT2D eigenvalue weighted by Crippen LogP contribution is -2.10. The fourth-order valence-electron chi connectivity index (χ4n) is 2.47. The molecule has 8 nitrogen and oxygen atoms in total. The summed E-state index contributed by atoms with van der Waals surface area (Å²) in [7, 11) is -4.55. The van der Waals surface area contributed by atoms with Crippen LogP contribution in [0.1, 0.15) is 55.5 Å². The minimum atomic E-state index is -4.55. The van der Waals surface area contributed by atoms with E-state index >= 15 is 0 Å². The van der Waals surface area contributed by atoms with Crippen molar-refractivity contribution in [3.05, 3.63) is 29.5 Å². The number of imidazole rings is 1. The smallest absolute Gasteiger partial charge is 0.358 e. The van der Waals surface area contributed by atoms with Gasteiger partial charge in [-0.1, -0.05) is 24.4 Å². The highest BCUT2D eigenvalue weighted by molar-refractivity contribution is 7.98. The van der Waals surface area contributed by atoms with Gasteiger partial charge in [-0.3, -0.25) is 4.55 Å². The van der Waals surface area contributed by atoms with Gasteiger partial charge in [0.05, 0.1) is 16.9 Å². The normalized spacial score (nSPS) is 13.2. The van der Waals surface area contributed by atoms with Crippen molar-refractivity contribution in [2.45, 2.75) is 56.6 Å². The molecule has 0 bridgehead atoms. The maximum Gasteiger partial charge on any atom is 0.398 e. The van der Waals surface area contributed by atoms with Crippen molar-refractivity contribution in [1.29, 1.82) is 0 Å². The average molecular weight is 389 g/mol. The largest absolute Gasteiger partial charge is 0.398 e. The van der Waals surface area contributed by atoms with E-state index in [9.17, 15) is 8.42 Å². The number of aryl methyl sites for hydroxylation is 2. The molecule has 2 N–H and O–H groups in total. The second-order valence-electron chi connectivity index (χ2n) is 5.73. The van der Waals surface area contributed by atoms with Gasteiger partial charge < -0.3 is 9.51 Å². The van der Waals surface area contributed by atoms with Crippen LogP contribution in [0.25, 0.3) is 0 Å². The first-order valence-corrected chi connectivity index (χ1v) is 10.6. The van der Waals surface area contributed by atoms with Crippen LogP contribution >= 0.6 is 11.8 Å². The number of hydrogen-bond acceptors (Lipinski definition) is 7. The lowest BCUT2D eigenvalue weighted by atomic mass is 10.1. The molecule has 1 atom stereocenters. The first-order valence-electron chi connectivity index (χ1n) is 8.04. The first-order chi connectivity index (χ1) is 11.9. The number of unbranched alkanes of at least 4 members (excludes halogenated alkanes) is 3. The van der Waals surface area contributed by atoms with E-state index in [-0.39, 0.29) is 0 Å². The molecule has 25 heavy (non-hydrogen) atoms. The van der Waals surface area contributed by atoms with Gasteiger partial charge in [0.1, 0.15) is 11.9 Å². The molecule has 140 valence electrons. The second-order valence-corrected chi connectivity index (χ2v) is 7.63. The zero-order chi connectivity index (χ0) is 18.3. The Bertz CT molecular complexity index is 757. The van der Waals surface area contributed by atoms with Crippen LogP contribution < -0.4 is 0 Å². The molecule has 1 unspecified atom stereocenters. The summed E-state index contributed by atoms with van der Waals surface area (Å²) < 4.78 is 40.7. The van der Waals surface area contributed by atoms with E-state index in [0.29, 0.717) is 17.9 Å². The number of nitrogens with zero attached hydrogens (tertiary/aromatic N) is 2. The Morgan fingerprint density at radius 2 is 2.12 bits per heavy atom. The molecule has 0 aliphatic rings. The lowest BCUT2D eigenvalue weighted by Gasteiger charge is -2.12. The molecule has 2 rings (SSSR count). The molecule has 2 aromatic heterocycles. The Hall–Kier alpha value is -1.36. The summed E-state index contributed by atoms with van der Waals surface area (Å²) in [5.74, 6) is 1.28. The zero-order valence-corrected chi connectivity index (χ0v) is 15.9. The summed E-state index contributed by atoms with van der Waals surface area (Å²) in [5, 5.41) is 4.78.